The number of benzene rings is 1. The van der Waals surface area contributed by atoms with Crippen LogP contribution in [0.25, 0.3) is 10.8 Å². The monoisotopic (exact) mass is 308 g/mol. The molecule has 0 spiro atoms. The summed E-state index contributed by atoms with van der Waals surface area (Å²) in [6.45, 7) is 2.82. The van der Waals surface area contributed by atoms with E-state index >= 15 is 0 Å². The first kappa shape index (κ1) is 15.7. The molecule has 0 saturated heterocycles. The van der Waals surface area contributed by atoms with E-state index in [1.54, 1.807) is 20.4 Å². The molecule has 0 bridgehead atoms. The molecular formula is C16H21ClN2O2. The lowest BCUT2D eigenvalue weighted by Crippen LogP contribution is -2.14. The molecule has 1 aromatic heterocycles. The number of ether oxygens (including phenoxy) is 2. The van der Waals surface area contributed by atoms with Crippen molar-refractivity contribution in [2.45, 2.75) is 25.1 Å². The van der Waals surface area contributed by atoms with Crippen LogP contribution in [0.1, 0.15) is 19.8 Å². The summed E-state index contributed by atoms with van der Waals surface area (Å²) in [5.74, 6) is 2.22. The molecule has 1 unspecified atom stereocenters. The maximum Gasteiger partial charge on any atom is 0.161 e. The summed E-state index contributed by atoms with van der Waals surface area (Å²) in [5, 5.41) is 5.47. The molecule has 0 saturated carbocycles. The zero-order chi connectivity index (χ0) is 15.2. The van der Waals surface area contributed by atoms with Crippen LogP contribution in [0, 0.1) is 0 Å². The molecule has 1 atom stereocenters. The Hall–Kier alpha value is -1.68. The maximum absolute atomic E-state index is 6.25. The van der Waals surface area contributed by atoms with E-state index in [0.29, 0.717) is 18.0 Å². The van der Waals surface area contributed by atoms with E-state index in [0.717, 1.165) is 29.4 Å². The van der Waals surface area contributed by atoms with E-state index in [2.05, 4.69) is 17.2 Å². The number of rotatable bonds is 7. The van der Waals surface area contributed by atoms with Gasteiger partial charge in [-0.2, -0.15) is 0 Å². The van der Waals surface area contributed by atoms with Gasteiger partial charge in [-0.1, -0.05) is 13.3 Å². The summed E-state index contributed by atoms with van der Waals surface area (Å²) in [7, 11) is 3.26. The number of alkyl halides is 1. The molecule has 0 amide bonds. The van der Waals surface area contributed by atoms with Gasteiger partial charge >= 0.3 is 0 Å². The number of nitrogens with one attached hydrogen (secondary N) is 1. The average Bonchev–Trinajstić information content (AvgIpc) is 2.51. The SMILES string of the molecule is CCCC(Cl)CNc1nccc2cc(OC)c(OC)cc12. The van der Waals surface area contributed by atoms with Gasteiger partial charge < -0.3 is 14.8 Å². The smallest absolute Gasteiger partial charge is 0.161 e. The van der Waals surface area contributed by atoms with Gasteiger partial charge in [0.2, 0.25) is 0 Å². The lowest BCUT2D eigenvalue weighted by Gasteiger charge is -2.14. The number of nitrogens with zero attached hydrogens (tertiary/aromatic N) is 1. The summed E-state index contributed by atoms with van der Waals surface area (Å²) in [6.07, 6.45) is 3.83. The lowest BCUT2D eigenvalue weighted by molar-refractivity contribution is 0.356. The molecule has 114 valence electrons. The standard InChI is InChI=1S/C16H21ClN2O2/c1-4-5-12(17)10-19-16-13-9-15(21-3)14(20-2)8-11(13)6-7-18-16/h6-9,12H,4-5,10H2,1-3H3,(H,18,19). The highest BCUT2D eigenvalue weighted by Crippen LogP contribution is 2.34. The Balaban J connectivity index is 2.31. The summed E-state index contributed by atoms with van der Waals surface area (Å²) in [4.78, 5) is 4.40. The Labute approximate surface area is 130 Å². The Morgan fingerprint density at radius 3 is 2.62 bits per heavy atom. The van der Waals surface area contributed by atoms with E-state index in [1.807, 2.05) is 18.2 Å². The molecule has 1 aromatic carbocycles. The highest BCUT2D eigenvalue weighted by molar-refractivity contribution is 6.20. The van der Waals surface area contributed by atoms with Crippen LogP contribution >= 0.6 is 11.6 Å². The summed E-state index contributed by atoms with van der Waals surface area (Å²) in [5.41, 5.74) is 0. The number of methoxy groups -OCH3 is 2. The van der Waals surface area contributed by atoms with Crippen LogP contribution in [-0.4, -0.2) is 31.1 Å². The van der Waals surface area contributed by atoms with Crippen molar-refractivity contribution in [2.24, 2.45) is 0 Å². The number of pyridine rings is 1. The maximum atomic E-state index is 6.25. The van der Waals surface area contributed by atoms with Gasteiger partial charge in [0.25, 0.3) is 0 Å². The Kier molecular flexibility index (Phi) is 5.51. The lowest BCUT2D eigenvalue weighted by atomic mass is 10.1. The fraction of sp³-hybridized carbons (Fsp3) is 0.438. The van der Waals surface area contributed by atoms with Gasteiger partial charge in [-0.3, -0.25) is 0 Å². The quantitative estimate of drug-likeness (QED) is 0.783. The third kappa shape index (κ3) is 3.70. The second-order valence-corrected chi connectivity index (χ2v) is 5.47. The first-order valence-corrected chi connectivity index (χ1v) is 7.52. The minimum Gasteiger partial charge on any atom is -0.493 e. The average molecular weight is 309 g/mol. The van der Waals surface area contributed by atoms with Gasteiger partial charge in [-0.15, -0.1) is 11.6 Å². The van der Waals surface area contributed by atoms with E-state index in [9.17, 15) is 0 Å². The van der Waals surface area contributed by atoms with Crippen molar-refractivity contribution in [3.8, 4) is 11.5 Å². The zero-order valence-electron chi connectivity index (χ0n) is 12.6. The molecule has 4 nitrogen and oxygen atoms in total. The predicted octanol–water partition coefficient (Wildman–Crippen LogP) is 4.07. The van der Waals surface area contributed by atoms with Crippen LogP contribution in [0.2, 0.25) is 0 Å². The Bertz CT molecular complexity index is 604. The number of hydrogen-bond acceptors (Lipinski definition) is 4. The van der Waals surface area contributed by atoms with Crippen LogP contribution in [-0.2, 0) is 0 Å². The van der Waals surface area contributed by atoms with Crippen LogP contribution in [0.15, 0.2) is 24.4 Å². The largest absolute Gasteiger partial charge is 0.493 e. The third-order valence-electron chi connectivity index (χ3n) is 3.36. The molecule has 1 heterocycles. The van der Waals surface area contributed by atoms with E-state index < -0.39 is 0 Å². The van der Waals surface area contributed by atoms with Gasteiger partial charge in [0.15, 0.2) is 11.5 Å². The third-order valence-corrected chi connectivity index (χ3v) is 3.73. The van der Waals surface area contributed by atoms with E-state index in [1.165, 1.54) is 0 Å². The summed E-state index contributed by atoms with van der Waals surface area (Å²) >= 11 is 6.25. The van der Waals surface area contributed by atoms with Crippen molar-refractivity contribution in [2.75, 3.05) is 26.1 Å². The fourth-order valence-electron chi connectivity index (χ4n) is 2.26. The van der Waals surface area contributed by atoms with Crippen molar-refractivity contribution in [1.29, 1.82) is 0 Å². The number of aromatic nitrogens is 1. The molecule has 5 heteroatoms. The molecule has 21 heavy (non-hydrogen) atoms. The molecule has 0 aliphatic heterocycles. The van der Waals surface area contributed by atoms with Crippen molar-refractivity contribution in [1.82, 2.24) is 4.98 Å². The van der Waals surface area contributed by atoms with Crippen LogP contribution in [0.3, 0.4) is 0 Å². The molecule has 0 aliphatic carbocycles. The minimum atomic E-state index is 0.104. The van der Waals surface area contributed by atoms with Gasteiger partial charge in [-0.25, -0.2) is 4.98 Å². The molecule has 0 fully saturated rings. The first-order valence-electron chi connectivity index (χ1n) is 7.08. The van der Waals surface area contributed by atoms with Gasteiger partial charge in [0.05, 0.1) is 19.6 Å². The second-order valence-electron chi connectivity index (χ2n) is 4.85. The van der Waals surface area contributed by atoms with Gasteiger partial charge in [-0.05, 0) is 30.0 Å². The minimum absolute atomic E-state index is 0.104. The summed E-state index contributed by atoms with van der Waals surface area (Å²) < 4.78 is 10.7. The van der Waals surface area contributed by atoms with Crippen molar-refractivity contribution in [3.05, 3.63) is 24.4 Å². The molecule has 0 aliphatic rings. The molecule has 2 rings (SSSR count). The zero-order valence-corrected chi connectivity index (χ0v) is 13.4. The number of halogens is 1. The van der Waals surface area contributed by atoms with Crippen LogP contribution in [0.4, 0.5) is 5.82 Å². The number of hydrogen-bond donors (Lipinski definition) is 1. The van der Waals surface area contributed by atoms with Gasteiger partial charge in [0, 0.05) is 18.1 Å². The highest BCUT2D eigenvalue weighted by atomic mass is 35.5. The van der Waals surface area contributed by atoms with Gasteiger partial charge in [0.1, 0.15) is 5.82 Å². The molecule has 2 aromatic rings. The highest BCUT2D eigenvalue weighted by Gasteiger charge is 2.10. The van der Waals surface area contributed by atoms with Crippen molar-refractivity contribution in [3.63, 3.8) is 0 Å². The van der Waals surface area contributed by atoms with E-state index in [4.69, 9.17) is 21.1 Å². The van der Waals surface area contributed by atoms with E-state index in [-0.39, 0.29) is 5.38 Å². The van der Waals surface area contributed by atoms with Crippen LogP contribution in [0.5, 0.6) is 11.5 Å². The Morgan fingerprint density at radius 2 is 1.95 bits per heavy atom. The topological polar surface area (TPSA) is 43.4 Å². The fourth-order valence-corrected chi connectivity index (χ4v) is 2.56. The molecular weight excluding hydrogens is 288 g/mol. The number of fused-ring (bicyclic) bond motifs is 1. The Morgan fingerprint density at radius 1 is 1.24 bits per heavy atom. The number of anilines is 1. The van der Waals surface area contributed by atoms with Crippen LogP contribution < -0.4 is 14.8 Å². The van der Waals surface area contributed by atoms with Crippen molar-refractivity contribution < 1.29 is 9.47 Å². The predicted molar refractivity (Wildman–Crippen MR) is 87.9 cm³/mol. The molecule has 1 N–H and O–H groups in total. The first-order chi connectivity index (χ1) is 10.2. The second kappa shape index (κ2) is 7.36. The summed E-state index contributed by atoms with van der Waals surface area (Å²) in [6, 6.07) is 5.84. The normalized spacial score (nSPS) is 12.2. The van der Waals surface area contributed by atoms with Crippen molar-refractivity contribution >= 4 is 28.2 Å². The molecule has 0 radical (unpaired) electrons.